The molecule has 3 N–H and O–H groups in total. The average Bonchev–Trinajstić information content (AvgIpc) is 2.93. The summed E-state index contributed by atoms with van der Waals surface area (Å²) in [6.07, 6.45) is 8.55. The molecule has 39 heavy (non-hydrogen) atoms. The zero-order chi connectivity index (χ0) is 28.5. The summed E-state index contributed by atoms with van der Waals surface area (Å²) < 4.78 is 30.1. The second-order valence-electron chi connectivity index (χ2n) is 9.70. The van der Waals surface area contributed by atoms with Gasteiger partial charge in [-0.25, -0.2) is 18.6 Å². The van der Waals surface area contributed by atoms with Gasteiger partial charge in [-0.3, -0.25) is 4.99 Å². The predicted octanol–water partition coefficient (Wildman–Crippen LogP) is 5.07. The van der Waals surface area contributed by atoms with Crippen LogP contribution in [-0.4, -0.2) is 79.0 Å². The smallest absolute Gasteiger partial charge is 0.326 e. The summed E-state index contributed by atoms with van der Waals surface area (Å²) in [4.78, 5) is 23.0. The first kappa shape index (κ1) is 32.4. The largest absolute Gasteiger partial charge is 0.480 e. The number of alkyl halides is 2. The Morgan fingerprint density at radius 1 is 1.31 bits per heavy atom. The van der Waals surface area contributed by atoms with E-state index < -0.39 is 25.0 Å². The molecule has 0 aromatic carbocycles. The molecule has 1 aromatic heterocycles. The Hall–Kier alpha value is -2.85. The number of pyridine rings is 1. The van der Waals surface area contributed by atoms with Crippen molar-refractivity contribution in [3.8, 4) is 0 Å². The fraction of sp³-hybridized carbons (Fsp3) is 0.621. The number of rotatable bonds is 19. The van der Waals surface area contributed by atoms with Crippen molar-refractivity contribution in [1.82, 2.24) is 15.2 Å². The Balaban J connectivity index is 1.94. The van der Waals surface area contributed by atoms with Crippen LogP contribution in [0.3, 0.4) is 0 Å². The Kier molecular flexibility index (Phi) is 15.3. The van der Waals surface area contributed by atoms with E-state index in [1.807, 2.05) is 20.8 Å². The Morgan fingerprint density at radius 2 is 2.13 bits per heavy atom. The Bertz CT molecular complexity index is 968. The normalized spacial score (nSPS) is 15.1. The van der Waals surface area contributed by atoms with Gasteiger partial charge in [-0.2, -0.15) is 0 Å². The molecule has 218 valence electrons. The molecule has 0 fully saturated rings. The van der Waals surface area contributed by atoms with Crippen molar-refractivity contribution < 1.29 is 23.4 Å². The van der Waals surface area contributed by atoms with Crippen LogP contribution in [0.25, 0.3) is 0 Å². The zero-order valence-corrected chi connectivity index (χ0v) is 23.6. The van der Waals surface area contributed by atoms with Crippen LogP contribution in [0.4, 0.5) is 14.6 Å². The highest BCUT2D eigenvalue weighted by atomic mass is 19.3. The summed E-state index contributed by atoms with van der Waals surface area (Å²) in [6, 6.07) is 3.45. The summed E-state index contributed by atoms with van der Waals surface area (Å²) in [5.41, 5.74) is 4.10. The fourth-order valence-electron chi connectivity index (χ4n) is 4.32. The van der Waals surface area contributed by atoms with Crippen molar-refractivity contribution in [1.29, 1.82) is 0 Å². The summed E-state index contributed by atoms with van der Waals surface area (Å²) in [5, 5.41) is 16.4. The molecule has 0 radical (unpaired) electrons. The fourth-order valence-corrected chi connectivity index (χ4v) is 4.32. The third-order valence-electron chi connectivity index (χ3n) is 6.73. The molecular weight excluding hydrogens is 504 g/mol. The molecule has 0 unspecified atom stereocenters. The van der Waals surface area contributed by atoms with E-state index in [0.29, 0.717) is 19.5 Å². The van der Waals surface area contributed by atoms with Gasteiger partial charge in [0.05, 0.1) is 6.61 Å². The standard InChI is InChI=1S/C29H45F2N5O3/c1-4-22(3)25(13-16-32-5-2)35-26(29(37)38)14-18-36(19-20-39-21-27(30)31)17-7-6-10-24-12-11-23-9-8-15-33-28(23)34-24/h5,11-13,16,26-27,35H,4,6-10,14-15,17-21H2,1-3H3,(H,33,34)(H,37,38)/b16-13-,25-22-,32-5-/t26-/m0/s1. The van der Waals surface area contributed by atoms with Crippen LogP contribution in [0.15, 0.2) is 40.7 Å². The molecule has 0 spiro atoms. The number of nitrogens with one attached hydrogen (secondary N) is 2. The third kappa shape index (κ3) is 12.7. The van der Waals surface area contributed by atoms with E-state index in [1.165, 1.54) is 5.56 Å². The van der Waals surface area contributed by atoms with Gasteiger partial charge in [-0.1, -0.05) is 18.6 Å². The minimum atomic E-state index is -2.50. The maximum atomic E-state index is 12.5. The molecule has 0 saturated heterocycles. The molecule has 0 bridgehead atoms. The van der Waals surface area contributed by atoms with Crippen LogP contribution in [0.2, 0.25) is 0 Å². The number of aryl methyl sites for hydroxylation is 2. The molecule has 0 saturated carbocycles. The minimum Gasteiger partial charge on any atom is -0.480 e. The lowest BCUT2D eigenvalue weighted by atomic mass is 10.1. The highest BCUT2D eigenvalue weighted by molar-refractivity contribution is 5.74. The van der Waals surface area contributed by atoms with Crippen molar-refractivity contribution in [2.75, 3.05) is 44.7 Å². The second kappa shape index (κ2) is 18.4. The molecule has 2 rings (SSSR count). The number of halogens is 2. The first-order valence-corrected chi connectivity index (χ1v) is 14.0. The van der Waals surface area contributed by atoms with Crippen molar-refractivity contribution in [2.45, 2.75) is 78.2 Å². The van der Waals surface area contributed by atoms with E-state index in [9.17, 15) is 18.7 Å². The van der Waals surface area contributed by atoms with E-state index >= 15 is 0 Å². The molecule has 0 aliphatic carbocycles. The Labute approximate surface area is 231 Å². The molecule has 1 atom stereocenters. The van der Waals surface area contributed by atoms with Crippen LogP contribution in [-0.2, 0) is 22.4 Å². The van der Waals surface area contributed by atoms with Gasteiger partial charge in [-0.15, -0.1) is 0 Å². The molecule has 8 nitrogen and oxygen atoms in total. The van der Waals surface area contributed by atoms with Crippen molar-refractivity contribution >= 4 is 18.0 Å². The number of aromatic nitrogens is 1. The first-order chi connectivity index (χ1) is 18.8. The van der Waals surface area contributed by atoms with Crippen molar-refractivity contribution in [3.05, 3.63) is 46.9 Å². The first-order valence-electron chi connectivity index (χ1n) is 14.0. The van der Waals surface area contributed by atoms with Crippen LogP contribution < -0.4 is 10.6 Å². The monoisotopic (exact) mass is 549 g/mol. The summed E-state index contributed by atoms with van der Waals surface area (Å²) in [5.74, 6) is 0.0524. The highest BCUT2D eigenvalue weighted by Crippen LogP contribution is 2.20. The van der Waals surface area contributed by atoms with Crippen LogP contribution in [0, 0.1) is 0 Å². The molecule has 2 heterocycles. The number of hydrogen-bond donors (Lipinski definition) is 3. The second-order valence-corrected chi connectivity index (χ2v) is 9.70. The molecule has 1 aliphatic heterocycles. The SMILES string of the molecule is C\C=N/C=C\C(N[C@@H](CCN(CCCCc1ccc2c(n1)NCCC2)CCOCC(F)F)C(=O)O)=C(/C)CC. The quantitative estimate of drug-likeness (QED) is 0.126. The van der Waals surface area contributed by atoms with E-state index in [0.717, 1.165) is 74.4 Å². The number of allylic oxidation sites excluding steroid dienone is 2. The van der Waals surface area contributed by atoms with Crippen LogP contribution >= 0.6 is 0 Å². The lowest BCUT2D eigenvalue weighted by molar-refractivity contribution is -0.139. The summed E-state index contributed by atoms with van der Waals surface area (Å²) in [7, 11) is 0. The number of carbonyl (C=O) groups is 1. The number of hydrogen-bond acceptors (Lipinski definition) is 7. The van der Waals surface area contributed by atoms with Gasteiger partial charge < -0.3 is 25.4 Å². The Morgan fingerprint density at radius 3 is 2.85 bits per heavy atom. The minimum absolute atomic E-state index is 0.172. The summed E-state index contributed by atoms with van der Waals surface area (Å²) in [6.45, 7) is 8.00. The number of fused-ring (bicyclic) bond motifs is 1. The molecule has 0 amide bonds. The average molecular weight is 550 g/mol. The van der Waals surface area contributed by atoms with Crippen molar-refractivity contribution in [2.24, 2.45) is 4.99 Å². The van der Waals surface area contributed by atoms with Gasteiger partial charge >= 0.3 is 5.97 Å². The number of aliphatic imine (C=N–C) groups is 1. The number of carboxylic acids is 1. The number of carboxylic acid groups (broad SMARTS) is 1. The third-order valence-corrected chi connectivity index (χ3v) is 6.73. The van der Waals surface area contributed by atoms with Gasteiger partial charge in [0.15, 0.2) is 0 Å². The van der Waals surface area contributed by atoms with Gasteiger partial charge in [0.2, 0.25) is 0 Å². The maximum Gasteiger partial charge on any atom is 0.326 e. The lowest BCUT2D eigenvalue weighted by Gasteiger charge is -2.25. The number of unbranched alkanes of at least 4 members (excludes halogenated alkanes) is 1. The van der Waals surface area contributed by atoms with Crippen LogP contribution in [0.5, 0.6) is 0 Å². The van der Waals surface area contributed by atoms with Gasteiger partial charge in [0, 0.05) is 43.4 Å². The highest BCUT2D eigenvalue weighted by Gasteiger charge is 2.20. The zero-order valence-electron chi connectivity index (χ0n) is 23.6. The van der Waals surface area contributed by atoms with Gasteiger partial charge in [-0.05, 0) is 83.0 Å². The van der Waals surface area contributed by atoms with Gasteiger partial charge in [0.1, 0.15) is 18.5 Å². The lowest BCUT2D eigenvalue weighted by Crippen LogP contribution is -2.40. The van der Waals surface area contributed by atoms with Crippen molar-refractivity contribution in [3.63, 3.8) is 0 Å². The maximum absolute atomic E-state index is 12.5. The van der Waals surface area contributed by atoms with E-state index in [1.54, 1.807) is 18.5 Å². The molecular formula is C29H45F2N5O3. The van der Waals surface area contributed by atoms with E-state index in [-0.39, 0.29) is 6.61 Å². The topological polar surface area (TPSA) is 99.1 Å². The number of anilines is 1. The van der Waals surface area contributed by atoms with E-state index in [4.69, 9.17) is 9.72 Å². The van der Waals surface area contributed by atoms with Gasteiger partial charge in [0.25, 0.3) is 6.43 Å². The predicted molar refractivity (Wildman–Crippen MR) is 153 cm³/mol. The number of aliphatic carboxylic acids is 1. The summed E-state index contributed by atoms with van der Waals surface area (Å²) >= 11 is 0. The number of ether oxygens (including phenoxy) is 1. The number of nitrogens with zero attached hydrogens (tertiary/aromatic N) is 3. The molecule has 1 aromatic rings. The van der Waals surface area contributed by atoms with Crippen LogP contribution in [0.1, 0.15) is 64.1 Å². The molecule has 10 heteroatoms. The molecule has 1 aliphatic rings. The van der Waals surface area contributed by atoms with E-state index in [2.05, 4.69) is 32.7 Å².